The van der Waals surface area contributed by atoms with Gasteiger partial charge in [0, 0.05) is 5.02 Å². The Balaban J connectivity index is 2.05. The number of amides is 1. The SMILES string of the molecule is CCc1ccc(/C=C2/Oc3ccc(Cl)cc3N(C(C)C(=O)O)C2=O)cc1. The summed E-state index contributed by atoms with van der Waals surface area (Å²) in [5.41, 5.74) is 2.32. The number of halogens is 1. The number of hydrogen-bond acceptors (Lipinski definition) is 3. The molecule has 1 aliphatic rings. The molecule has 0 bridgehead atoms. The number of aryl methyl sites for hydroxylation is 1. The Bertz CT molecular complexity index is 889. The van der Waals surface area contributed by atoms with E-state index >= 15 is 0 Å². The average Bonchev–Trinajstić information content (AvgIpc) is 2.63. The van der Waals surface area contributed by atoms with Crippen LogP contribution in [0.3, 0.4) is 0 Å². The van der Waals surface area contributed by atoms with Crippen molar-refractivity contribution >= 4 is 35.2 Å². The van der Waals surface area contributed by atoms with Gasteiger partial charge in [0.15, 0.2) is 11.5 Å². The lowest BCUT2D eigenvalue weighted by molar-refractivity contribution is -0.139. The van der Waals surface area contributed by atoms with E-state index in [-0.39, 0.29) is 5.76 Å². The van der Waals surface area contributed by atoms with Gasteiger partial charge in [-0.15, -0.1) is 0 Å². The Morgan fingerprint density at radius 3 is 2.58 bits per heavy atom. The molecule has 1 aliphatic heterocycles. The van der Waals surface area contributed by atoms with E-state index in [1.807, 2.05) is 24.3 Å². The lowest BCUT2D eigenvalue weighted by atomic mass is 10.1. The molecule has 0 aromatic heterocycles. The maximum absolute atomic E-state index is 12.9. The largest absolute Gasteiger partial charge is 0.480 e. The summed E-state index contributed by atoms with van der Waals surface area (Å²) >= 11 is 6.01. The van der Waals surface area contributed by atoms with E-state index in [0.29, 0.717) is 16.5 Å². The summed E-state index contributed by atoms with van der Waals surface area (Å²) in [5.74, 6) is -1.18. The fourth-order valence-electron chi connectivity index (χ4n) is 2.74. The molecule has 2 aromatic carbocycles. The predicted octanol–water partition coefficient (Wildman–Crippen LogP) is 4.14. The summed E-state index contributed by atoms with van der Waals surface area (Å²) in [6.07, 6.45) is 2.53. The van der Waals surface area contributed by atoms with Crippen molar-refractivity contribution in [2.24, 2.45) is 0 Å². The van der Waals surface area contributed by atoms with Gasteiger partial charge in [0.2, 0.25) is 0 Å². The van der Waals surface area contributed by atoms with E-state index in [4.69, 9.17) is 16.3 Å². The Hall–Kier alpha value is -2.79. The Morgan fingerprint density at radius 2 is 1.96 bits per heavy atom. The topological polar surface area (TPSA) is 66.8 Å². The van der Waals surface area contributed by atoms with Crippen LogP contribution in [0.25, 0.3) is 6.08 Å². The molecule has 134 valence electrons. The molecule has 1 unspecified atom stereocenters. The standard InChI is InChI=1S/C20H18ClNO4/c1-3-13-4-6-14(7-5-13)10-18-19(23)22(12(2)20(24)25)16-11-15(21)8-9-17(16)26-18/h4-12H,3H2,1-2H3,(H,24,25)/b18-10+. The predicted molar refractivity (Wildman–Crippen MR) is 100 cm³/mol. The number of hydrogen-bond donors (Lipinski definition) is 1. The van der Waals surface area contributed by atoms with Crippen LogP contribution in [0, 0.1) is 0 Å². The number of rotatable bonds is 4. The molecule has 5 nitrogen and oxygen atoms in total. The lowest BCUT2D eigenvalue weighted by Crippen LogP contribution is -2.47. The number of nitrogens with zero attached hydrogens (tertiary/aromatic N) is 1. The highest BCUT2D eigenvalue weighted by Gasteiger charge is 2.36. The zero-order valence-electron chi connectivity index (χ0n) is 14.4. The van der Waals surface area contributed by atoms with Gasteiger partial charge in [0.25, 0.3) is 5.91 Å². The van der Waals surface area contributed by atoms with E-state index in [9.17, 15) is 14.7 Å². The van der Waals surface area contributed by atoms with Crippen molar-refractivity contribution in [2.75, 3.05) is 4.90 Å². The molecule has 1 heterocycles. The number of carboxylic acids is 1. The van der Waals surface area contributed by atoms with E-state index in [1.165, 1.54) is 23.5 Å². The molecule has 3 rings (SSSR count). The third kappa shape index (κ3) is 3.44. The minimum absolute atomic E-state index is 0.0668. The molecule has 0 saturated carbocycles. The normalized spacial score (nSPS) is 16.2. The second-order valence-electron chi connectivity index (χ2n) is 6.01. The van der Waals surface area contributed by atoms with Gasteiger partial charge in [-0.05, 0) is 48.7 Å². The maximum Gasteiger partial charge on any atom is 0.326 e. The van der Waals surface area contributed by atoms with Gasteiger partial charge in [0.1, 0.15) is 6.04 Å². The third-order valence-electron chi connectivity index (χ3n) is 4.26. The van der Waals surface area contributed by atoms with Crippen molar-refractivity contribution in [1.82, 2.24) is 0 Å². The number of carboxylic acid groups (broad SMARTS) is 1. The number of carbonyl (C=O) groups is 2. The molecule has 26 heavy (non-hydrogen) atoms. The second kappa shape index (κ2) is 7.22. The number of fused-ring (bicyclic) bond motifs is 1. The highest BCUT2D eigenvalue weighted by Crippen LogP contribution is 2.39. The number of aliphatic carboxylic acids is 1. The summed E-state index contributed by atoms with van der Waals surface area (Å²) in [5, 5.41) is 9.79. The highest BCUT2D eigenvalue weighted by molar-refractivity contribution is 6.31. The first-order valence-electron chi connectivity index (χ1n) is 8.25. The smallest absolute Gasteiger partial charge is 0.326 e. The van der Waals surface area contributed by atoms with Crippen LogP contribution >= 0.6 is 11.6 Å². The Labute approximate surface area is 156 Å². The monoisotopic (exact) mass is 371 g/mol. The first-order chi connectivity index (χ1) is 12.4. The van der Waals surface area contributed by atoms with Crippen molar-refractivity contribution in [3.05, 3.63) is 64.4 Å². The van der Waals surface area contributed by atoms with Gasteiger partial charge in [-0.1, -0.05) is 42.8 Å². The highest BCUT2D eigenvalue weighted by atomic mass is 35.5. The molecular formula is C20H18ClNO4. The van der Waals surface area contributed by atoms with Crippen LogP contribution in [0.4, 0.5) is 5.69 Å². The molecule has 1 atom stereocenters. The molecular weight excluding hydrogens is 354 g/mol. The summed E-state index contributed by atoms with van der Waals surface area (Å²) in [6.45, 7) is 3.51. The summed E-state index contributed by atoms with van der Waals surface area (Å²) < 4.78 is 5.74. The zero-order valence-corrected chi connectivity index (χ0v) is 15.2. The first kappa shape index (κ1) is 18.0. The quantitative estimate of drug-likeness (QED) is 0.820. The summed E-state index contributed by atoms with van der Waals surface area (Å²) in [7, 11) is 0. The van der Waals surface area contributed by atoms with Crippen molar-refractivity contribution in [2.45, 2.75) is 26.3 Å². The molecule has 1 N–H and O–H groups in total. The maximum atomic E-state index is 12.9. The minimum Gasteiger partial charge on any atom is -0.480 e. The van der Waals surface area contributed by atoms with Crippen LogP contribution in [0.15, 0.2) is 48.2 Å². The van der Waals surface area contributed by atoms with E-state index in [2.05, 4.69) is 6.92 Å². The van der Waals surface area contributed by atoms with E-state index < -0.39 is 17.9 Å². The number of anilines is 1. The van der Waals surface area contributed by atoms with Crippen molar-refractivity contribution in [3.8, 4) is 5.75 Å². The molecule has 0 spiro atoms. The average molecular weight is 372 g/mol. The van der Waals surface area contributed by atoms with Crippen molar-refractivity contribution < 1.29 is 19.4 Å². The number of ether oxygens (including phenoxy) is 1. The van der Waals surface area contributed by atoms with Gasteiger partial charge in [0.05, 0.1) is 5.69 Å². The number of carbonyl (C=O) groups excluding carboxylic acids is 1. The molecule has 0 saturated heterocycles. The van der Waals surface area contributed by atoms with Crippen molar-refractivity contribution in [3.63, 3.8) is 0 Å². The summed E-state index contributed by atoms with van der Waals surface area (Å²) in [6, 6.07) is 11.5. The number of benzene rings is 2. The van der Waals surface area contributed by atoms with Gasteiger partial charge in [-0.2, -0.15) is 0 Å². The van der Waals surface area contributed by atoms with Gasteiger partial charge >= 0.3 is 5.97 Å². The van der Waals surface area contributed by atoms with Gasteiger partial charge < -0.3 is 9.84 Å². The van der Waals surface area contributed by atoms with Crippen molar-refractivity contribution in [1.29, 1.82) is 0 Å². The van der Waals surface area contributed by atoms with Crippen LogP contribution in [-0.2, 0) is 16.0 Å². The minimum atomic E-state index is -1.11. The van der Waals surface area contributed by atoms with Crippen LogP contribution in [0.5, 0.6) is 5.75 Å². The molecule has 0 fully saturated rings. The molecule has 0 aliphatic carbocycles. The third-order valence-corrected chi connectivity index (χ3v) is 4.50. The molecule has 1 amide bonds. The van der Waals surface area contributed by atoms with Crippen LogP contribution in [0.1, 0.15) is 25.0 Å². The fourth-order valence-corrected chi connectivity index (χ4v) is 2.91. The lowest BCUT2D eigenvalue weighted by Gasteiger charge is -2.33. The van der Waals surface area contributed by atoms with Crippen LogP contribution in [-0.4, -0.2) is 23.0 Å². The fraction of sp³-hybridized carbons (Fsp3) is 0.200. The molecule has 6 heteroatoms. The second-order valence-corrected chi connectivity index (χ2v) is 6.44. The first-order valence-corrected chi connectivity index (χ1v) is 8.63. The Morgan fingerprint density at radius 1 is 1.27 bits per heavy atom. The van der Waals surface area contributed by atoms with Gasteiger partial charge in [-0.3, -0.25) is 9.69 Å². The zero-order chi connectivity index (χ0) is 18.8. The van der Waals surface area contributed by atoms with Crippen LogP contribution in [0.2, 0.25) is 5.02 Å². The molecule has 0 radical (unpaired) electrons. The van der Waals surface area contributed by atoms with E-state index in [0.717, 1.165) is 12.0 Å². The van der Waals surface area contributed by atoms with Crippen LogP contribution < -0.4 is 9.64 Å². The summed E-state index contributed by atoms with van der Waals surface area (Å²) in [4.78, 5) is 25.6. The van der Waals surface area contributed by atoms with Gasteiger partial charge in [-0.25, -0.2) is 4.79 Å². The molecule has 2 aromatic rings. The van der Waals surface area contributed by atoms with E-state index in [1.54, 1.807) is 18.2 Å². The Kier molecular flexibility index (Phi) is 5.00.